The Morgan fingerprint density at radius 3 is 3.06 bits per heavy atom. The first-order chi connectivity index (χ1) is 8.29. The van der Waals surface area contributed by atoms with Gasteiger partial charge >= 0.3 is 0 Å². The number of thiophene rings is 1. The number of aromatic nitrogens is 1. The molecule has 17 heavy (non-hydrogen) atoms. The average molecular weight is 248 g/mol. The first-order valence-electron chi connectivity index (χ1n) is 5.11. The van der Waals surface area contributed by atoms with E-state index in [0.29, 0.717) is 18.0 Å². The van der Waals surface area contributed by atoms with E-state index in [-0.39, 0.29) is 5.91 Å². The molecule has 0 spiro atoms. The zero-order valence-electron chi connectivity index (χ0n) is 9.34. The van der Waals surface area contributed by atoms with Gasteiger partial charge in [0.05, 0.1) is 13.5 Å². The minimum atomic E-state index is -0.0931. The Morgan fingerprint density at radius 2 is 2.35 bits per heavy atom. The van der Waals surface area contributed by atoms with Crippen LogP contribution in [0.2, 0.25) is 0 Å². The Bertz CT molecular complexity index is 497. The summed E-state index contributed by atoms with van der Waals surface area (Å²) in [5.41, 5.74) is 0. The monoisotopic (exact) mass is 248 g/mol. The van der Waals surface area contributed by atoms with Crippen LogP contribution in [0.3, 0.4) is 0 Å². The Balaban J connectivity index is 2.03. The van der Waals surface area contributed by atoms with Gasteiger partial charge in [-0.3, -0.25) is 4.79 Å². The van der Waals surface area contributed by atoms with E-state index in [9.17, 15) is 4.79 Å². The molecule has 0 aliphatic carbocycles. The molecule has 0 aliphatic heterocycles. The number of hydrogen-bond donors (Lipinski definition) is 1. The molecular formula is C12H12N2O2S. The largest absolute Gasteiger partial charge is 0.493 e. The average Bonchev–Trinajstić information content (AvgIpc) is 2.82. The van der Waals surface area contributed by atoms with Gasteiger partial charge in [-0.25, -0.2) is 4.98 Å². The molecule has 1 amide bonds. The fraction of sp³-hybridized carbons (Fsp3) is 0.167. The van der Waals surface area contributed by atoms with Gasteiger partial charge in [-0.2, -0.15) is 0 Å². The molecule has 88 valence electrons. The summed E-state index contributed by atoms with van der Waals surface area (Å²) in [4.78, 5) is 16.8. The molecule has 0 saturated carbocycles. The van der Waals surface area contributed by atoms with Crippen molar-refractivity contribution >= 4 is 23.1 Å². The first-order valence-corrected chi connectivity index (χ1v) is 5.99. The van der Waals surface area contributed by atoms with Gasteiger partial charge in [0.15, 0.2) is 11.6 Å². The number of anilines is 1. The molecule has 1 N–H and O–H groups in total. The number of methoxy groups -OCH3 is 1. The molecule has 0 aromatic carbocycles. The molecular weight excluding hydrogens is 236 g/mol. The van der Waals surface area contributed by atoms with E-state index in [1.165, 1.54) is 0 Å². The summed E-state index contributed by atoms with van der Waals surface area (Å²) in [6, 6.07) is 7.37. The first kappa shape index (κ1) is 11.6. The number of rotatable bonds is 4. The van der Waals surface area contributed by atoms with Crippen molar-refractivity contribution in [3.8, 4) is 5.75 Å². The molecule has 2 aromatic heterocycles. The summed E-state index contributed by atoms with van der Waals surface area (Å²) >= 11 is 1.56. The number of ether oxygens (including phenoxy) is 1. The van der Waals surface area contributed by atoms with Crippen molar-refractivity contribution in [2.24, 2.45) is 0 Å². The summed E-state index contributed by atoms with van der Waals surface area (Å²) in [6.45, 7) is 0. The maximum absolute atomic E-state index is 11.7. The summed E-state index contributed by atoms with van der Waals surface area (Å²) in [5, 5.41) is 4.68. The fourth-order valence-electron chi connectivity index (χ4n) is 1.40. The molecule has 2 aromatic rings. The van der Waals surface area contributed by atoms with Crippen LogP contribution in [0.4, 0.5) is 5.82 Å². The zero-order valence-corrected chi connectivity index (χ0v) is 10.2. The number of hydrogen-bond acceptors (Lipinski definition) is 4. The fourth-order valence-corrected chi connectivity index (χ4v) is 2.10. The number of carbonyl (C=O) groups is 1. The molecule has 0 unspecified atom stereocenters. The van der Waals surface area contributed by atoms with Gasteiger partial charge in [-0.1, -0.05) is 6.07 Å². The van der Waals surface area contributed by atoms with Crippen molar-refractivity contribution in [3.63, 3.8) is 0 Å². The zero-order chi connectivity index (χ0) is 12.1. The van der Waals surface area contributed by atoms with Crippen molar-refractivity contribution in [1.29, 1.82) is 0 Å². The van der Waals surface area contributed by atoms with Gasteiger partial charge in [-0.15, -0.1) is 11.3 Å². The van der Waals surface area contributed by atoms with Crippen molar-refractivity contribution < 1.29 is 9.53 Å². The number of pyridine rings is 1. The van der Waals surface area contributed by atoms with Crippen LogP contribution in [0.15, 0.2) is 35.8 Å². The maximum Gasteiger partial charge on any atom is 0.230 e. The molecule has 4 nitrogen and oxygen atoms in total. The molecule has 0 atom stereocenters. The SMILES string of the molecule is COc1cccnc1NC(=O)Cc1cccs1. The topological polar surface area (TPSA) is 51.2 Å². The molecule has 0 saturated heterocycles. The lowest BCUT2D eigenvalue weighted by Gasteiger charge is -2.07. The Morgan fingerprint density at radius 1 is 1.47 bits per heavy atom. The molecule has 2 heterocycles. The van der Waals surface area contributed by atoms with Crippen molar-refractivity contribution in [2.75, 3.05) is 12.4 Å². The highest BCUT2D eigenvalue weighted by Gasteiger charge is 2.09. The second-order valence-electron chi connectivity index (χ2n) is 3.36. The van der Waals surface area contributed by atoms with E-state index in [0.717, 1.165) is 4.88 Å². The van der Waals surface area contributed by atoms with Crippen molar-refractivity contribution in [1.82, 2.24) is 4.98 Å². The third-order valence-corrected chi connectivity index (χ3v) is 3.04. The van der Waals surface area contributed by atoms with Crippen molar-refractivity contribution in [3.05, 3.63) is 40.7 Å². The van der Waals surface area contributed by atoms with Gasteiger partial charge in [0, 0.05) is 11.1 Å². The second-order valence-corrected chi connectivity index (χ2v) is 4.39. The Kier molecular flexibility index (Phi) is 3.72. The second kappa shape index (κ2) is 5.45. The highest BCUT2D eigenvalue weighted by Crippen LogP contribution is 2.20. The van der Waals surface area contributed by atoms with Gasteiger partial charge < -0.3 is 10.1 Å². The van der Waals surface area contributed by atoms with E-state index in [1.807, 2.05) is 17.5 Å². The maximum atomic E-state index is 11.7. The number of nitrogens with one attached hydrogen (secondary N) is 1. The van der Waals surface area contributed by atoms with Crippen LogP contribution in [0, 0.1) is 0 Å². The molecule has 2 rings (SSSR count). The van der Waals surface area contributed by atoms with Gasteiger partial charge in [0.1, 0.15) is 0 Å². The van der Waals surface area contributed by atoms with E-state index in [4.69, 9.17) is 4.74 Å². The molecule has 5 heteroatoms. The van der Waals surface area contributed by atoms with Crippen LogP contribution in [0.1, 0.15) is 4.88 Å². The summed E-state index contributed by atoms with van der Waals surface area (Å²) in [5.74, 6) is 0.924. The predicted molar refractivity (Wildman–Crippen MR) is 67.4 cm³/mol. The molecule has 0 bridgehead atoms. The number of amides is 1. The van der Waals surface area contributed by atoms with E-state index in [2.05, 4.69) is 10.3 Å². The minimum Gasteiger partial charge on any atom is -0.493 e. The quantitative estimate of drug-likeness (QED) is 0.903. The molecule has 0 radical (unpaired) electrons. The predicted octanol–water partition coefficient (Wildman–Crippen LogP) is 2.33. The smallest absolute Gasteiger partial charge is 0.230 e. The third kappa shape index (κ3) is 3.04. The lowest BCUT2D eigenvalue weighted by molar-refractivity contribution is -0.115. The van der Waals surface area contributed by atoms with E-state index < -0.39 is 0 Å². The third-order valence-electron chi connectivity index (χ3n) is 2.16. The van der Waals surface area contributed by atoms with Crippen LogP contribution in [0.5, 0.6) is 5.75 Å². The lowest BCUT2D eigenvalue weighted by Crippen LogP contribution is -2.15. The van der Waals surface area contributed by atoms with Crippen LogP contribution < -0.4 is 10.1 Å². The van der Waals surface area contributed by atoms with Crippen LogP contribution in [-0.2, 0) is 11.2 Å². The van der Waals surface area contributed by atoms with Gasteiger partial charge in [-0.05, 0) is 23.6 Å². The Hall–Kier alpha value is -1.88. The number of carbonyl (C=O) groups excluding carboxylic acids is 1. The normalized spacial score (nSPS) is 9.94. The summed E-state index contributed by atoms with van der Waals surface area (Å²) < 4.78 is 5.11. The molecule has 0 aliphatic rings. The van der Waals surface area contributed by atoms with Crippen molar-refractivity contribution in [2.45, 2.75) is 6.42 Å². The molecule has 0 fully saturated rings. The Labute approximate surface area is 103 Å². The van der Waals surface area contributed by atoms with Crippen LogP contribution in [-0.4, -0.2) is 18.0 Å². The highest BCUT2D eigenvalue weighted by atomic mass is 32.1. The van der Waals surface area contributed by atoms with E-state index >= 15 is 0 Å². The lowest BCUT2D eigenvalue weighted by atomic mass is 10.3. The highest BCUT2D eigenvalue weighted by molar-refractivity contribution is 7.10. The summed E-state index contributed by atoms with van der Waals surface area (Å²) in [7, 11) is 1.55. The van der Waals surface area contributed by atoms with Crippen LogP contribution >= 0.6 is 11.3 Å². The van der Waals surface area contributed by atoms with Crippen LogP contribution in [0.25, 0.3) is 0 Å². The van der Waals surface area contributed by atoms with Gasteiger partial charge in [0.25, 0.3) is 0 Å². The van der Waals surface area contributed by atoms with E-state index in [1.54, 1.807) is 36.8 Å². The van der Waals surface area contributed by atoms with Gasteiger partial charge in [0.2, 0.25) is 5.91 Å². The minimum absolute atomic E-state index is 0.0931. The summed E-state index contributed by atoms with van der Waals surface area (Å²) in [6.07, 6.45) is 1.97. The number of nitrogens with zero attached hydrogens (tertiary/aromatic N) is 1. The standard InChI is InChI=1S/C12H12N2O2S/c1-16-10-5-2-6-13-12(10)14-11(15)8-9-4-3-7-17-9/h2-7H,8H2,1H3,(H,13,14,15).